The molecular weight excluding hydrogens is 473 g/mol. The van der Waals surface area contributed by atoms with Gasteiger partial charge < -0.3 is 9.84 Å². The summed E-state index contributed by atoms with van der Waals surface area (Å²) in [6, 6.07) is 16.6. The van der Waals surface area contributed by atoms with Crippen LogP contribution in [0.4, 0.5) is 10.1 Å². The monoisotopic (exact) mass is 501 g/mol. The second kappa shape index (κ2) is 10.4. The lowest BCUT2D eigenvalue weighted by Gasteiger charge is -2.26. The van der Waals surface area contributed by atoms with Gasteiger partial charge in [0.15, 0.2) is 0 Å². The third-order valence-electron chi connectivity index (χ3n) is 6.16. The Balaban J connectivity index is 1.81. The van der Waals surface area contributed by atoms with Crippen molar-refractivity contribution in [1.29, 1.82) is 0 Å². The number of ether oxygens (including phenoxy) is 1. The molecule has 0 spiro atoms. The molecule has 7 heteroatoms. The van der Waals surface area contributed by atoms with Crippen LogP contribution in [0.5, 0.6) is 0 Å². The fourth-order valence-corrected chi connectivity index (χ4v) is 4.29. The third-order valence-corrected chi connectivity index (χ3v) is 6.16. The summed E-state index contributed by atoms with van der Waals surface area (Å²) < 4.78 is 19.1. The van der Waals surface area contributed by atoms with Gasteiger partial charge in [-0.15, -0.1) is 0 Å². The molecule has 1 saturated heterocycles. The van der Waals surface area contributed by atoms with E-state index in [0.717, 1.165) is 5.56 Å². The van der Waals surface area contributed by atoms with E-state index in [9.17, 15) is 23.9 Å². The zero-order valence-electron chi connectivity index (χ0n) is 21.1. The van der Waals surface area contributed by atoms with E-state index in [1.165, 1.54) is 35.2 Å². The van der Waals surface area contributed by atoms with Crippen molar-refractivity contribution in [3.63, 3.8) is 0 Å². The largest absolute Gasteiger partial charge is 0.507 e. The van der Waals surface area contributed by atoms with Gasteiger partial charge in [-0.1, -0.05) is 43.7 Å². The first kappa shape index (κ1) is 25.8. The Bertz CT molecular complexity index is 1410. The lowest BCUT2D eigenvalue weighted by atomic mass is 9.94. The summed E-state index contributed by atoms with van der Waals surface area (Å²) >= 11 is 0. The molecule has 0 aromatic heterocycles. The Morgan fingerprint density at radius 1 is 1.00 bits per heavy atom. The highest BCUT2D eigenvalue weighted by Crippen LogP contribution is 2.42. The molecule has 6 nitrogen and oxygen atoms in total. The van der Waals surface area contributed by atoms with Gasteiger partial charge in [0.2, 0.25) is 0 Å². The van der Waals surface area contributed by atoms with Crippen molar-refractivity contribution in [1.82, 2.24) is 0 Å². The molecule has 1 N–H and O–H groups in total. The first-order valence-corrected chi connectivity index (χ1v) is 12.0. The Labute approximate surface area is 215 Å². The van der Waals surface area contributed by atoms with Crippen LogP contribution in [-0.4, -0.2) is 29.4 Å². The highest BCUT2D eigenvalue weighted by molar-refractivity contribution is 6.51. The average molecular weight is 502 g/mol. The fourth-order valence-electron chi connectivity index (χ4n) is 4.29. The quantitative estimate of drug-likeness (QED) is 0.197. The van der Waals surface area contributed by atoms with Crippen LogP contribution in [0.2, 0.25) is 0 Å². The smallest absolute Gasteiger partial charge is 0.338 e. The maximum atomic E-state index is 13.9. The highest BCUT2D eigenvalue weighted by Gasteiger charge is 2.47. The number of benzene rings is 3. The van der Waals surface area contributed by atoms with E-state index in [-0.39, 0.29) is 29.4 Å². The molecule has 37 heavy (non-hydrogen) atoms. The van der Waals surface area contributed by atoms with Crippen molar-refractivity contribution >= 4 is 29.1 Å². The summed E-state index contributed by atoms with van der Waals surface area (Å²) in [6.07, 6.45) is 0. The number of carbonyl (C=O) groups excluding carboxylic acids is 3. The summed E-state index contributed by atoms with van der Waals surface area (Å²) in [5.74, 6) is -2.80. The van der Waals surface area contributed by atoms with Gasteiger partial charge in [0.1, 0.15) is 11.6 Å². The number of Topliss-reactive ketones (excluding diaryl/α,β-unsaturated/α-hetero) is 1. The van der Waals surface area contributed by atoms with E-state index in [0.29, 0.717) is 22.4 Å². The number of aliphatic hydroxyl groups excluding tert-OH is 1. The fraction of sp³-hybridized carbons (Fsp3) is 0.233. The van der Waals surface area contributed by atoms with Gasteiger partial charge >= 0.3 is 5.97 Å². The molecule has 0 bridgehead atoms. The molecule has 3 aromatic rings. The van der Waals surface area contributed by atoms with E-state index in [4.69, 9.17) is 4.74 Å². The van der Waals surface area contributed by atoms with Crippen molar-refractivity contribution in [2.24, 2.45) is 5.92 Å². The molecular formula is C30H28FNO5. The minimum absolute atomic E-state index is 0.0953. The molecule has 1 heterocycles. The van der Waals surface area contributed by atoms with Crippen LogP contribution in [0, 0.1) is 25.6 Å². The van der Waals surface area contributed by atoms with Crippen LogP contribution < -0.4 is 4.90 Å². The highest BCUT2D eigenvalue weighted by atomic mass is 19.1. The molecule has 3 aromatic carbocycles. The van der Waals surface area contributed by atoms with E-state index < -0.39 is 29.5 Å². The van der Waals surface area contributed by atoms with Gasteiger partial charge in [0, 0.05) is 11.3 Å². The van der Waals surface area contributed by atoms with E-state index in [2.05, 4.69) is 0 Å². The molecule has 1 atom stereocenters. The molecule has 190 valence electrons. The van der Waals surface area contributed by atoms with E-state index in [1.807, 2.05) is 32.9 Å². The lowest BCUT2D eigenvalue weighted by molar-refractivity contribution is -0.132. The number of ketones is 1. The number of hydrogen-bond acceptors (Lipinski definition) is 5. The summed E-state index contributed by atoms with van der Waals surface area (Å²) in [7, 11) is 0. The molecule has 0 radical (unpaired) electrons. The summed E-state index contributed by atoms with van der Waals surface area (Å²) in [6.45, 7) is 7.59. The Kier molecular flexibility index (Phi) is 7.25. The zero-order valence-corrected chi connectivity index (χ0v) is 21.1. The molecule has 1 unspecified atom stereocenters. The number of aryl methyl sites for hydroxylation is 2. The van der Waals surface area contributed by atoms with Crippen LogP contribution >= 0.6 is 0 Å². The van der Waals surface area contributed by atoms with E-state index >= 15 is 0 Å². The Morgan fingerprint density at radius 3 is 2.30 bits per heavy atom. The average Bonchev–Trinajstić information content (AvgIpc) is 3.14. The first-order chi connectivity index (χ1) is 17.6. The summed E-state index contributed by atoms with van der Waals surface area (Å²) in [5, 5.41) is 11.2. The summed E-state index contributed by atoms with van der Waals surface area (Å²) in [4.78, 5) is 40.3. The number of amides is 1. The first-order valence-electron chi connectivity index (χ1n) is 12.0. The van der Waals surface area contributed by atoms with Crippen molar-refractivity contribution < 1.29 is 28.6 Å². The topological polar surface area (TPSA) is 83.9 Å². The lowest BCUT2D eigenvalue weighted by Crippen LogP contribution is -2.29. The van der Waals surface area contributed by atoms with Crippen LogP contribution in [0.15, 0.2) is 72.3 Å². The second-order valence-corrected chi connectivity index (χ2v) is 9.59. The molecule has 1 aliphatic rings. The number of anilines is 1. The molecule has 4 rings (SSSR count). The third kappa shape index (κ3) is 5.16. The Morgan fingerprint density at radius 2 is 1.68 bits per heavy atom. The molecule has 1 fully saturated rings. The second-order valence-electron chi connectivity index (χ2n) is 9.59. The minimum Gasteiger partial charge on any atom is -0.507 e. The number of nitrogens with zero attached hydrogens (tertiary/aromatic N) is 1. The minimum atomic E-state index is -0.927. The SMILES string of the molecule is Cc1cccc(C2/C(=C(/O)c3ccc(F)c(C)c3)C(=O)C(=O)N2c2ccc(C(=O)OCC(C)C)cc2)c1. The van der Waals surface area contributed by atoms with Crippen LogP contribution in [0.1, 0.15) is 52.5 Å². The van der Waals surface area contributed by atoms with Crippen molar-refractivity contribution in [2.75, 3.05) is 11.5 Å². The number of aliphatic hydroxyl groups is 1. The molecule has 1 aliphatic heterocycles. The summed E-state index contributed by atoms with van der Waals surface area (Å²) in [5.41, 5.74) is 2.66. The molecule has 0 aliphatic carbocycles. The zero-order chi connectivity index (χ0) is 26.9. The molecule has 1 amide bonds. The normalized spacial score (nSPS) is 16.9. The van der Waals surface area contributed by atoms with Gasteiger partial charge in [0.05, 0.1) is 23.8 Å². The van der Waals surface area contributed by atoms with Crippen LogP contribution in [0.25, 0.3) is 5.76 Å². The van der Waals surface area contributed by atoms with Gasteiger partial charge in [-0.05, 0) is 73.4 Å². The van der Waals surface area contributed by atoms with E-state index in [1.54, 1.807) is 31.2 Å². The van der Waals surface area contributed by atoms with Crippen molar-refractivity contribution in [3.8, 4) is 0 Å². The maximum Gasteiger partial charge on any atom is 0.338 e. The number of rotatable bonds is 6. The maximum absolute atomic E-state index is 13.9. The molecule has 0 saturated carbocycles. The number of halogens is 1. The van der Waals surface area contributed by atoms with Gasteiger partial charge in [-0.25, -0.2) is 9.18 Å². The predicted octanol–water partition coefficient (Wildman–Crippen LogP) is 5.88. The van der Waals surface area contributed by atoms with Crippen molar-refractivity contribution in [2.45, 2.75) is 33.7 Å². The number of hydrogen-bond donors (Lipinski definition) is 1. The van der Waals surface area contributed by atoms with Gasteiger partial charge in [-0.2, -0.15) is 0 Å². The predicted molar refractivity (Wildman–Crippen MR) is 139 cm³/mol. The van der Waals surface area contributed by atoms with Gasteiger partial charge in [0.25, 0.3) is 11.7 Å². The number of carbonyl (C=O) groups is 3. The van der Waals surface area contributed by atoms with Gasteiger partial charge in [-0.3, -0.25) is 14.5 Å². The van der Waals surface area contributed by atoms with Crippen molar-refractivity contribution in [3.05, 3.63) is 106 Å². The number of esters is 1. The standard InChI is InChI=1S/C30H28FNO5/c1-17(2)16-37-30(36)20-8-11-23(12-9-20)32-26(21-7-5-6-18(3)14-21)25(28(34)29(32)35)27(33)22-10-13-24(31)19(4)15-22/h5-15,17,26,33H,16H2,1-4H3/b27-25-. The van der Waals surface area contributed by atoms with Crippen LogP contribution in [0.3, 0.4) is 0 Å². The van der Waals surface area contributed by atoms with Crippen LogP contribution in [-0.2, 0) is 14.3 Å². The Hall–Kier alpha value is -4.26.